The van der Waals surface area contributed by atoms with E-state index in [4.69, 9.17) is 0 Å². The van der Waals surface area contributed by atoms with Crippen LogP contribution in [0.25, 0.3) is 0 Å². The maximum absolute atomic E-state index is 11.4. The van der Waals surface area contributed by atoms with Crippen molar-refractivity contribution in [2.45, 2.75) is 45.4 Å². The lowest BCUT2D eigenvalue weighted by molar-refractivity contribution is -0.143. The highest BCUT2D eigenvalue weighted by molar-refractivity contribution is 5.80. The van der Waals surface area contributed by atoms with Crippen molar-refractivity contribution in [2.24, 2.45) is 0 Å². The Morgan fingerprint density at radius 3 is 2.31 bits per heavy atom. The average molecular weight is 220 g/mol. The average Bonchev–Trinajstić information content (AvgIpc) is 2.26. The summed E-state index contributed by atoms with van der Waals surface area (Å²) in [5, 5.41) is 9.38. The zero-order chi connectivity index (χ0) is 12.2. The molecule has 1 rings (SSSR count). The first kappa shape index (κ1) is 12.8. The van der Waals surface area contributed by atoms with Crippen LogP contribution >= 0.6 is 0 Å². The molecule has 1 aromatic carbocycles. The highest BCUT2D eigenvalue weighted by Gasteiger charge is 2.34. The molecule has 0 aliphatic heterocycles. The van der Waals surface area contributed by atoms with Crippen LogP contribution in [0.5, 0.6) is 0 Å². The smallest absolute Gasteiger partial charge is 0.313 e. The van der Waals surface area contributed by atoms with Crippen molar-refractivity contribution < 1.29 is 9.90 Å². The summed E-state index contributed by atoms with van der Waals surface area (Å²) in [5.74, 6) is -0.732. The second kappa shape index (κ2) is 5.15. The van der Waals surface area contributed by atoms with Gasteiger partial charge >= 0.3 is 5.97 Å². The molecule has 88 valence electrons. The molecule has 0 aromatic heterocycles. The second-order valence-electron chi connectivity index (χ2n) is 4.61. The molecule has 16 heavy (non-hydrogen) atoms. The fourth-order valence-electron chi connectivity index (χ4n) is 1.83. The molecule has 0 saturated heterocycles. The van der Waals surface area contributed by atoms with Gasteiger partial charge in [0.15, 0.2) is 0 Å². The Morgan fingerprint density at radius 1 is 1.31 bits per heavy atom. The molecule has 1 aromatic rings. The number of carbonyl (C=O) groups is 1. The summed E-state index contributed by atoms with van der Waals surface area (Å²) < 4.78 is 0. The van der Waals surface area contributed by atoms with Gasteiger partial charge in [0.25, 0.3) is 0 Å². The third kappa shape index (κ3) is 2.63. The van der Waals surface area contributed by atoms with Crippen molar-refractivity contribution in [3.63, 3.8) is 0 Å². The summed E-state index contributed by atoms with van der Waals surface area (Å²) >= 11 is 0. The molecule has 0 bridgehead atoms. The van der Waals surface area contributed by atoms with Gasteiger partial charge in [0, 0.05) is 0 Å². The number of hydrogen-bond donors (Lipinski definition) is 1. The summed E-state index contributed by atoms with van der Waals surface area (Å²) in [5.41, 5.74) is 1.31. The van der Waals surface area contributed by atoms with Gasteiger partial charge in [-0.2, -0.15) is 0 Å². The molecule has 2 nitrogen and oxygen atoms in total. The number of aliphatic carboxylic acids is 1. The van der Waals surface area contributed by atoms with E-state index in [9.17, 15) is 9.90 Å². The summed E-state index contributed by atoms with van der Waals surface area (Å²) in [7, 11) is 0. The Balaban J connectivity index is 3.01. The summed E-state index contributed by atoms with van der Waals surface area (Å²) in [6, 6.07) is 7.81. The molecular weight excluding hydrogens is 200 g/mol. The summed E-state index contributed by atoms with van der Waals surface area (Å²) in [6.45, 7) is 5.90. The predicted molar refractivity (Wildman–Crippen MR) is 65.7 cm³/mol. The first-order valence-electron chi connectivity index (χ1n) is 5.81. The van der Waals surface area contributed by atoms with Crippen LogP contribution in [-0.4, -0.2) is 11.1 Å². The van der Waals surface area contributed by atoms with Gasteiger partial charge in [0.2, 0.25) is 0 Å². The van der Waals surface area contributed by atoms with E-state index in [2.05, 4.69) is 6.92 Å². The minimum absolute atomic E-state index is 0.696. The first-order valence-corrected chi connectivity index (χ1v) is 5.81. The molecule has 1 atom stereocenters. The molecule has 2 heteroatoms. The molecule has 1 unspecified atom stereocenters. The lowest BCUT2D eigenvalue weighted by Gasteiger charge is -2.25. The van der Waals surface area contributed by atoms with Crippen molar-refractivity contribution in [2.75, 3.05) is 0 Å². The van der Waals surface area contributed by atoms with Crippen molar-refractivity contribution in [3.8, 4) is 0 Å². The Kier molecular flexibility index (Phi) is 4.11. The molecule has 0 heterocycles. The number of carboxylic acids is 1. The van der Waals surface area contributed by atoms with Crippen molar-refractivity contribution >= 4 is 5.97 Å². The number of unbranched alkanes of at least 4 members (excludes halogenated alkanes) is 1. The van der Waals surface area contributed by atoms with E-state index in [0.717, 1.165) is 24.0 Å². The molecule has 0 aliphatic rings. The van der Waals surface area contributed by atoms with E-state index in [-0.39, 0.29) is 0 Å². The Bertz CT molecular complexity index is 354. The minimum atomic E-state index is -0.746. The number of benzene rings is 1. The van der Waals surface area contributed by atoms with Gasteiger partial charge in [-0.15, -0.1) is 0 Å². The fraction of sp³-hybridized carbons (Fsp3) is 0.500. The van der Waals surface area contributed by atoms with Crippen LogP contribution in [0.4, 0.5) is 0 Å². The summed E-state index contributed by atoms with van der Waals surface area (Å²) in [6.07, 6.45) is 2.66. The Hall–Kier alpha value is -1.31. The number of hydrogen-bond acceptors (Lipinski definition) is 1. The van der Waals surface area contributed by atoms with Gasteiger partial charge in [-0.3, -0.25) is 4.79 Å². The van der Waals surface area contributed by atoms with Crippen LogP contribution in [0, 0.1) is 6.92 Å². The van der Waals surface area contributed by atoms with E-state index < -0.39 is 11.4 Å². The van der Waals surface area contributed by atoms with E-state index in [1.807, 2.05) is 38.1 Å². The molecule has 0 fully saturated rings. The second-order valence-corrected chi connectivity index (χ2v) is 4.61. The predicted octanol–water partition coefficient (Wildman–Crippen LogP) is 3.53. The number of aryl methyl sites for hydroxylation is 1. The third-order valence-electron chi connectivity index (χ3n) is 3.19. The number of carboxylic acid groups (broad SMARTS) is 1. The molecule has 0 spiro atoms. The first-order chi connectivity index (χ1) is 7.50. The van der Waals surface area contributed by atoms with Crippen LogP contribution in [0.2, 0.25) is 0 Å². The normalized spacial score (nSPS) is 14.4. The SMILES string of the molecule is CCCCC(C)(C(=O)O)c1ccc(C)cc1. The molecule has 0 radical (unpaired) electrons. The monoisotopic (exact) mass is 220 g/mol. The highest BCUT2D eigenvalue weighted by atomic mass is 16.4. The van der Waals surface area contributed by atoms with Gasteiger partial charge in [0.1, 0.15) is 0 Å². The van der Waals surface area contributed by atoms with Crippen LogP contribution in [-0.2, 0) is 10.2 Å². The summed E-state index contributed by atoms with van der Waals surface area (Å²) in [4.78, 5) is 11.4. The van der Waals surface area contributed by atoms with Gasteiger partial charge < -0.3 is 5.11 Å². The minimum Gasteiger partial charge on any atom is -0.481 e. The quantitative estimate of drug-likeness (QED) is 0.824. The van der Waals surface area contributed by atoms with Crippen LogP contribution in [0.15, 0.2) is 24.3 Å². The van der Waals surface area contributed by atoms with Gasteiger partial charge in [0.05, 0.1) is 5.41 Å². The lowest BCUT2D eigenvalue weighted by Crippen LogP contribution is -2.32. The van der Waals surface area contributed by atoms with Gasteiger partial charge in [-0.05, 0) is 25.8 Å². The molecule has 1 N–H and O–H groups in total. The largest absolute Gasteiger partial charge is 0.481 e. The lowest BCUT2D eigenvalue weighted by atomic mass is 9.78. The zero-order valence-electron chi connectivity index (χ0n) is 10.3. The van der Waals surface area contributed by atoms with E-state index in [1.165, 1.54) is 0 Å². The Morgan fingerprint density at radius 2 is 1.88 bits per heavy atom. The number of rotatable bonds is 5. The van der Waals surface area contributed by atoms with Crippen LogP contribution < -0.4 is 0 Å². The van der Waals surface area contributed by atoms with Gasteiger partial charge in [-0.1, -0.05) is 49.6 Å². The zero-order valence-corrected chi connectivity index (χ0v) is 10.3. The molecular formula is C14H20O2. The van der Waals surface area contributed by atoms with E-state index >= 15 is 0 Å². The maximum atomic E-state index is 11.4. The highest BCUT2D eigenvalue weighted by Crippen LogP contribution is 2.30. The Labute approximate surface area is 97.3 Å². The third-order valence-corrected chi connectivity index (χ3v) is 3.19. The van der Waals surface area contributed by atoms with Crippen LogP contribution in [0.1, 0.15) is 44.2 Å². The fourth-order valence-corrected chi connectivity index (χ4v) is 1.83. The van der Waals surface area contributed by atoms with E-state index in [1.54, 1.807) is 0 Å². The standard InChI is InChI=1S/C14H20O2/c1-4-5-10-14(3,13(15)16)12-8-6-11(2)7-9-12/h6-9H,4-5,10H2,1-3H3,(H,15,16). The van der Waals surface area contributed by atoms with Crippen LogP contribution in [0.3, 0.4) is 0 Å². The molecule has 0 aliphatic carbocycles. The molecule has 0 amide bonds. The van der Waals surface area contributed by atoms with Crippen molar-refractivity contribution in [3.05, 3.63) is 35.4 Å². The molecule has 0 saturated carbocycles. The maximum Gasteiger partial charge on any atom is 0.313 e. The van der Waals surface area contributed by atoms with Crippen molar-refractivity contribution in [1.29, 1.82) is 0 Å². The van der Waals surface area contributed by atoms with E-state index in [0.29, 0.717) is 6.42 Å². The topological polar surface area (TPSA) is 37.3 Å². The van der Waals surface area contributed by atoms with Gasteiger partial charge in [-0.25, -0.2) is 0 Å². The van der Waals surface area contributed by atoms with Crippen molar-refractivity contribution in [1.82, 2.24) is 0 Å².